The molecule has 1 aliphatic heterocycles. The Morgan fingerprint density at radius 1 is 1.35 bits per heavy atom. The quantitative estimate of drug-likeness (QED) is 0.883. The van der Waals surface area contributed by atoms with Gasteiger partial charge in [-0.05, 0) is 45.7 Å². The summed E-state index contributed by atoms with van der Waals surface area (Å²) in [6, 6.07) is 3.78. The molecule has 0 aliphatic carbocycles. The fourth-order valence-corrected chi connectivity index (χ4v) is 3.87. The van der Waals surface area contributed by atoms with E-state index >= 15 is 0 Å². The number of hydrogen-bond acceptors (Lipinski definition) is 6. The van der Waals surface area contributed by atoms with Crippen LogP contribution in [0.3, 0.4) is 0 Å². The maximum atomic E-state index is 12.6. The van der Waals surface area contributed by atoms with Gasteiger partial charge < -0.3 is 19.4 Å². The van der Waals surface area contributed by atoms with Crippen molar-refractivity contribution in [2.45, 2.75) is 39.7 Å². The number of furan rings is 1. The van der Waals surface area contributed by atoms with Crippen molar-refractivity contribution in [1.82, 2.24) is 15.2 Å². The average molecular weight is 377 g/mol. The van der Waals surface area contributed by atoms with Gasteiger partial charge in [0.1, 0.15) is 10.6 Å². The van der Waals surface area contributed by atoms with Crippen molar-refractivity contribution in [3.05, 3.63) is 28.5 Å². The first kappa shape index (κ1) is 18.4. The van der Waals surface area contributed by atoms with E-state index in [1.165, 1.54) is 11.3 Å². The molecule has 1 N–H and O–H groups in total. The van der Waals surface area contributed by atoms with Gasteiger partial charge >= 0.3 is 6.09 Å². The Hall–Kier alpha value is -2.35. The highest BCUT2D eigenvalue weighted by Gasteiger charge is 2.26. The van der Waals surface area contributed by atoms with Gasteiger partial charge in [0, 0.05) is 19.1 Å². The predicted octanol–water partition coefficient (Wildman–Crippen LogP) is 3.37. The third-order valence-electron chi connectivity index (χ3n) is 4.31. The molecule has 140 valence electrons. The van der Waals surface area contributed by atoms with Crippen LogP contribution < -0.4 is 5.32 Å². The summed E-state index contributed by atoms with van der Waals surface area (Å²) in [5, 5.41) is 3.77. The van der Waals surface area contributed by atoms with E-state index in [0.29, 0.717) is 53.9 Å². The number of likely N-dealkylation sites (tertiary alicyclic amines) is 1. The van der Waals surface area contributed by atoms with Crippen LogP contribution in [0.2, 0.25) is 0 Å². The van der Waals surface area contributed by atoms with Gasteiger partial charge in [-0.25, -0.2) is 9.78 Å². The Morgan fingerprint density at radius 3 is 2.69 bits per heavy atom. The number of nitrogens with zero attached hydrogens (tertiary/aromatic N) is 2. The van der Waals surface area contributed by atoms with Gasteiger partial charge in [-0.15, -0.1) is 11.3 Å². The lowest BCUT2D eigenvalue weighted by molar-refractivity contribution is 0.0862. The number of amides is 2. The number of thiazole rings is 1. The van der Waals surface area contributed by atoms with Crippen molar-refractivity contribution < 1.29 is 18.7 Å². The zero-order chi connectivity index (χ0) is 18.7. The van der Waals surface area contributed by atoms with Crippen LogP contribution in [-0.2, 0) is 4.74 Å². The molecule has 1 fully saturated rings. The van der Waals surface area contributed by atoms with Crippen LogP contribution >= 0.6 is 11.3 Å². The number of aromatic nitrogens is 1. The minimum atomic E-state index is -0.283. The molecule has 3 heterocycles. The van der Waals surface area contributed by atoms with Crippen molar-refractivity contribution in [2.75, 3.05) is 19.7 Å². The monoisotopic (exact) mass is 377 g/mol. The molecule has 2 aromatic rings. The summed E-state index contributed by atoms with van der Waals surface area (Å²) in [4.78, 5) is 31.1. The van der Waals surface area contributed by atoms with Gasteiger partial charge in [0.2, 0.25) is 0 Å². The maximum absolute atomic E-state index is 12.6. The van der Waals surface area contributed by atoms with E-state index in [-0.39, 0.29) is 18.0 Å². The van der Waals surface area contributed by atoms with Crippen LogP contribution in [0.5, 0.6) is 0 Å². The van der Waals surface area contributed by atoms with Gasteiger partial charge in [-0.1, -0.05) is 0 Å². The maximum Gasteiger partial charge on any atom is 0.409 e. The van der Waals surface area contributed by atoms with E-state index in [0.717, 1.165) is 5.76 Å². The standard InChI is InChI=1S/C18H23N3O4S/c1-4-24-18(23)21-9-7-13(8-10-21)20-16(22)15-12(3)19-17(26-15)14-6-5-11(2)25-14/h5-6,13H,4,7-10H2,1-3H3,(H,20,22). The Bertz CT molecular complexity index is 790. The lowest BCUT2D eigenvalue weighted by atomic mass is 10.1. The smallest absolute Gasteiger partial charge is 0.409 e. The molecular formula is C18H23N3O4S. The first-order valence-corrected chi connectivity index (χ1v) is 9.56. The SMILES string of the molecule is CCOC(=O)N1CCC(NC(=O)c2sc(-c3ccc(C)o3)nc2C)CC1. The fourth-order valence-electron chi connectivity index (χ4n) is 2.93. The zero-order valence-corrected chi connectivity index (χ0v) is 16.0. The summed E-state index contributed by atoms with van der Waals surface area (Å²) >= 11 is 1.33. The molecule has 1 saturated heterocycles. The van der Waals surface area contributed by atoms with Crippen LogP contribution in [0, 0.1) is 13.8 Å². The van der Waals surface area contributed by atoms with E-state index in [2.05, 4.69) is 10.3 Å². The highest BCUT2D eigenvalue weighted by atomic mass is 32.1. The Morgan fingerprint density at radius 2 is 2.08 bits per heavy atom. The van der Waals surface area contributed by atoms with Crippen LogP contribution in [0.25, 0.3) is 10.8 Å². The van der Waals surface area contributed by atoms with Crippen molar-refractivity contribution in [3.63, 3.8) is 0 Å². The van der Waals surface area contributed by atoms with Crippen molar-refractivity contribution in [3.8, 4) is 10.8 Å². The molecule has 2 amide bonds. The molecule has 0 radical (unpaired) electrons. The topological polar surface area (TPSA) is 84.7 Å². The van der Waals surface area contributed by atoms with Gasteiger partial charge in [-0.3, -0.25) is 4.79 Å². The molecule has 8 heteroatoms. The van der Waals surface area contributed by atoms with Crippen molar-refractivity contribution in [2.24, 2.45) is 0 Å². The summed E-state index contributed by atoms with van der Waals surface area (Å²) in [6.45, 7) is 7.04. The third kappa shape index (κ3) is 4.07. The molecular weight excluding hydrogens is 354 g/mol. The normalized spacial score (nSPS) is 15.1. The van der Waals surface area contributed by atoms with Crippen molar-refractivity contribution >= 4 is 23.3 Å². The number of carbonyl (C=O) groups is 2. The molecule has 0 unspecified atom stereocenters. The van der Waals surface area contributed by atoms with Crippen LogP contribution in [0.15, 0.2) is 16.5 Å². The number of piperidine rings is 1. The van der Waals surface area contributed by atoms with Gasteiger partial charge in [0.15, 0.2) is 10.8 Å². The van der Waals surface area contributed by atoms with Gasteiger partial charge in [-0.2, -0.15) is 0 Å². The molecule has 0 aromatic carbocycles. The number of hydrogen-bond donors (Lipinski definition) is 1. The minimum absolute atomic E-state index is 0.0454. The summed E-state index contributed by atoms with van der Waals surface area (Å²) in [5.74, 6) is 1.37. The molecule has 3 rings (SSSR count). The van der Waals surface area contributed by atoms with E-state index in [9.17, 15) is 9.59 Å². The number of nitrogens with one attached hydrogen (secondary N) is 1. The van der Waals surface area contributed by atoms with Crippen LogP contribution in [-0.4, -0.2) is 47.6 Å². The first-order valence-electron chi connectivity index (χ1n) is 8.74. The fraction of sp³-hybridized carbons (Fsp3) is 0.500. The van der Waals surface area contributed by atoms with E-state index in [1.807, 2.05) is 26.0 Å². The third-order valence-corrected chi connectivity index (χ3v) is 5.48. The van der Waals surface area contributed by atoms with Gasteiger partial charge in [0.05, 0.1) is 12.3 Å². The largest absolute Gasteiger partial charge is 0.459 e. The van der Waals surface area contributed by atoms with Gasteiger partial charge in [0.25, 0.3) is 5.91 Å². The number of ether oxygens (including phenoxy) is 1. The Kier molecular flexibility index (Phi) is 5.61. The lowest BCUT2D eigenvalue weighted by Crippen LogP contribution is -2.46. The predicted molar refractivity (Wildman–Crippen MR) is 98.4 cm³/mol. The number of carbonyl (C=O) groups excluding carboxylic acids is 2. The molecule has 0 spiro atoms. The van der Waals surface area contributed by atoms with Crippen molar-refractivity contribution in [1.29, 1.82) is 0 Å². The first-order chi connectivity index (χ1) is 12.5. The second-order valence-electron chi connectivity index (χ2n) is 6.28. The summed E-state index contributed by atoms with van der Waals surface area (Å²) in [7, 11) is 0. The second-order valence-corrected chi connectivity index (χ2v) is 7.28. The molecule has 1 aliphatic rings. The number of aryl methyl sites for hydroxylation is 2. The average Bonchev–Trinajstić information content (AvgIpc) is 3.21. The molecule has 0 saturated carbocycles. The van der Waals surface area contributed by atoms with E-state index < -0.39 is 0 Å². The summed E-state index contributed by atoms with van der Waals surface area (Å²) in [6.07, 6.45) is 1.15. The van der Waals surface area contributed by atoms with Crippen LogP contribution in [0.4, 0.5) is 4.79 Å². The molecule has 26 heavy (non-hydrogen) atoms. The van der Waals surface area contributed by atoms with E-state index in [1.54, 1.807) is 11.8 Å². The highest BCUT2D eigenvalue weighted by Crippen LogP contribution is 2.29. The van der Waals surface area contributed by atoms with E-state index in [4.69, 9.17) is 9.15 Å². The highest BCUT2D eigenvalue weighted by molar-refractivity contribution is 7.17. The molecule has 0 atom stereocenters. The minimum Gasteiger partial charge on any atom is -0.459 e. The zero-order valence-electron chi connectivity index (χ0n) is 15.2. The lowest BCUT2D eigenvalue weighted by Gasteiger charge is -2.31. The second kappa shape index (κ2) is 7.90. The van der Waals surface area contributed by atoms with Crippen LogP contribution in [0.1, 0.15) is 40.9 Å². The molecule has 2 aromatic heterocycles. The molecule has 7 nitrogen and oxygen atoms in total. The summed E-state index contributed by atoms with van der Waals surface area (Å²) < 4.78 is 10.6. The molecule has 0 bridgehead atoms. The summed E-state index contributed by atoms with van der Waals surface area (Å²) in [5.41, 5.74) is 0.695. The number of rotatable bonds is 4. The Labute approximate surface area is 156 Å². The Balaban J connectivity index is 1.59.